The zero-order chi connectivity index (χ0) is 15.3. The van der Waals surface area contributed by atoms with Crippen molar-refractivity contribution in [2.24, 2.45) is 5.41 Å². The maximum atomic E-state index is 11.8. The highest BCUT2D eigenvalue weighted by Crippen LogP contribution is 2.15. The smallest absolute Gasteiger partial charge is 0.269 e. The van der Waals surface area contributed by atoms with Crippen LogP contribution < -0.4 is 10.9 Å². The Morgan fingerprint density at radius 1 is 1.10 bits per heavy atom. The van der Waals surface area contributed by atoms with E-state index in [1.807, 2.05) is 20.8 Å². The van der Waals surface area contributed by atoms with E-state index in [1.54, 1.807) is 31.2 Å². The van der Waals surface area contributed by atoms with E-state index in [0.717, 1.165) is 0 Å². The van der Waals surface area contributed by atoms with Gasteiger partial charge in [0.1, 0.15) is 0 Å². The second kappa shape index (κ2) is 6.57. The van der Waals surface area contributed by atoms with Gasteiger partial charge in [-0.25, -0.2) is 0 Å². The van der Waals surface area contributed by atoms with Crippen molar-refractivity contribution >= 4 is 23.3 Å². The van der Waals surface area contributed by atoms with Crippen LogP contribution in [0.25, 0.3) is 0 Å². The number of carbonyl (C=O) groups is 2. The number of hydrazine groups is 1. The number of nitrogens with one attached hydrogen (secondary N) is 2. The number of benzene rings is 1. The standard InChI is InChI=1S/C15H19ClN2O2/c1-10(9-13(19)15(2,3)4)17-18-14(20)11-5-7-12(16)8-6-11/h5-9,17H,1-4H3,(H,18,20)/b10-9+. The fourth-order valence-electron chi connectivity index (χ4n) is 1.28. The van der Waals surface area contributed by atoms with Gasteiger partial charge in [-0.2, -0.15) is 0 Å². The first-order chi connectivity index (χ1) is 9.20. The summed E-state index contributed by atoms with van der Waals surface area (Å²) in [5.41, 5.74) is 5.85. The Balaban J connectivity index is 2.59. The van der Waals surface area contributed by atoms with Crippen LogP contribution in [-0.4, -0.2) is 11.7 Å². The lowest BCUT2D eigenvalue weighted by atomic mass is 9.90. The quantitative estimate of drug-likeness (QED) is 0.663. The van der Waals surface area contributed by atoms with Gasteiger partial charge in [-0.3, -0.25) is 15.0 Å². The van der Waals surface area contributed by atoms with Gasteiger partial charge in [0, 0.05) is 27.8 Å². The van der Waals surface area contributed by atoms with Crippen LogP contribution in [0.3, 0.4) is 0 Å². The van der Waals surface area contributed by atoms with Crippen molar-refractivity contribution in [1.29, 1.82) is 0 Å². The average molecular weight is 295 g/mol. The molecule has 0 aromatic heterocycles. The molecule has 0 heterocycles. The molecule has 0 atom stereocenters. The molecule has 2 N–H and O–H groups in total. The van der Waals surface area contributed by atoms with E-state index in [0.29, 0.717) is 16.3 Å². The van der Waals surface area contributed by atoms with Gasteiger partial charge in [0.15, 0.2) is 5.78 Å². The van der Waals surface area contributed by atoms with E-state index in [9.17, 15) is 9.59 Å². The lowest BCUT2D eigenvalue weighted by Gasteiger charge is -2.15. The Kier molecular flexibility index (Phi) is 5.34. The molecule has 1 aromatic carbocycles. The van der Waals surface area contributed by atoms with Crippen molar-refractivity contribution < 1.29 is 9.59 Å². The lowest BCUT2D eigenvalue weighted by molar-refractivity contribution is -0.121. The number of carbonyl (C=O) groups excluding carboxylic acids is 2. The largest absolute Gasteiger partial charge is 0.303 e. The Morgan fingerprint density at radius 2 is 1.65 bits per heavy atom. The van der Waals surface area contributed by atoms with E-state index in [1.165, 1.54) is 6.08 Å². The minimum Gasteiger partial charge on any atom is -0.303 e. The van der Waals surface area contributed by atoms with Crippen LogP contribution in [0, 0.1) is 5.41 Å². The SMILES string of the molecule is C/C(=C\C(=O)C(C)(C)C)NNC(=O)c1ccc(Cl)cc1. The summed E-state index contributed by atoms with van der Waals surface area (Å²) in [4.78, 5) is 23.6. The van der Waals surface area contributed by atoms with Crippen molar-refractivity contribution in [1.82, 2.24) is 10.9 Å². The Hall–Kier alpha value is -1.81. The van der Waals surface area contributed by atoms with E-state index in [-0.39, 0.29) is 11.7 Å². The first-order valence-corrected chi connectivity index (χ1v) is 6.62. The van der Waals surface area contributed by atoms with Crippen LogP contribution >= 0.6 is 11.6 Å². The fourth-order valence-corrected chi connectivity index (χ4v) is 1.40. The van der Waals surface area contributed by atoms with E-state index >= 15 is 0 Å². The van der Waals surface area contributed by atoms with E-state index in [4.69, 9.17) is 11.6 Å². The van der Waals surface area contributed by atoms with Crippen LogP contribution in [0.2, 0.25) is 5.02 Å². The van der Waals surface area contributed by atoms with Gasteiger partial charge in [-0.15, -0.1) is 0 Å². The van der Waals surface area contributed by atoms with Crippen LogP contribution in [-0.2, 0) is 4.79 Å². The fraction of sp³-hybridized carbons (Fsp3) is 0.333. The molecule has 0 aliphatic rings. The highest BCUT2D eigenvalue weighted by atomic mass is 35.5. The molecule has 0 aliphatic carbocycles. The molecule has 1 amide bonds. The molecule has 0 saturated carbocycles. The Labute approximate surface area is 124 Å². The Morgan fingerprint density at radius 3 is 2.15 bits per heavy atom. The van der Waals surface area contributed by atoms with Gasteiger partial charge >= 0.3 is 0 Å². The number of rotatable bonds is 4. The summed E-state index contributed by atoms with van der Waals surface area (Å²) < 4.78 is 0. The van der Waals surface area contributed by atoms with Crippen LogP contribution in [0.4, 0.5) is 0 Å². The third-order valence-electron chi connectivity index (χ3n) is 2.57. The van der Waals surface area contributed by atoms with E-state index in [2.05, 4.69) is 10.9 Å². The van der Waals surface area contributed by atoms with Crippen molar-refractivity contribution in [2.45, 2.75) is 27.7 Å². The molecule has 4 nitrogen and oxygen atoms in total. The van der Waals surface area contributed by atoms with Gasteiger partial charge in [-0.1, -0.05) is 32.4 Å². The number of ketones is 1. The maximum absolute atomic E-state index is 11.8. The minimum absolute atomic E-state index is 0.0109. The number of allylic oxidation sites excluding steroid dienone is 2. The Bertz CT molecular complexity index is 528. The van der Waals surface area contributed by atoms with Crippen molar-refractivity contribution in [3.05, 3.63) is 46.6 Å². The van der Waals surface area contributed by atoms with Gasteiger partial charge in [0.05, 0.1) is 0 Å². The molecule has 0 bridgehead atoms. The molecule has 0 aliphatic heterocycles. The molecule has 1 aromatic rings. The molecular formula is C15H19ClN2O2. The second-order valence-corrected chi connectivity index (χ2v) is 5.96. The van der Waals surface area contributed by atoms with Crippen molar-refractivity contribution in [3.63, 3.8) is 0 Å². The number of hydrogen-bond acceptors (Lipinski definition) is 3. The zero-order valence-corrected chi connectivity index (χ0v) is 12.8. The first-order valence-electron chi connectivity index (χ1n) is 6.25. The molecule has 108 valence electrons. The molecule has 0 saturated heterocycles. The van der Waals surface area contributed by atoms with Gasteiger partial charge in [0.2, 0.25) is 0 Å². The summed E-state index contributed by atoms with van der Waals surface area (Å²) in [6, 6.07) is 6.53. The van der Waals surface area contributed by atoms with Gasteiger partial charge in [-0.05, 0) is 31.2 Å². The van der Waals surface area contributed by atoms with Gasteiger partial charge in [0.25, 0.3) is 5.91 Å². The van der Waals surface area contributed by atoms with Crippen LogP contribution in [0.5, 0.6) is 0 Å². The second-order valence-electron chi connectivity index (χ2n) is 5.53. The highest BCUT2D eigenvalue weighted by Gasteiger charge is 2.18. The minimum atomic E-state index is -0.441. The third kappa shape index (κ3) is 5.05. The topological polar surface area (TPSA) is 58.2 Å². The summed E-state index contributed by atoms with van der Waals surface area (Å²) in [6.07, 6.45) is 1.47. The maximum Gasteiger partial charge on any atom is 0.269 e. The van der Waals surface area contributed by atoms with Crippen LogP contribution in [0.15, 0.2) is 36.0 Å². The number of hydrogen-bond donors (Lipinski definition) is 2. The monoisotopic (exact) mass is 294 g/mol. The summed E-state index contributed by atoms with van der Waals surface area (Å²) in [6.45, 7) is 7.23. The predicted octanol–water partition coefficient (Wildman–Crippen LogP) is 3.09. The molecule has 0 spiro atoms. The van der Waals surface area contributed by atoms with Gasteiger partial charge < -0.3 is 5.43 Å². The summed E-state index contributed by atoms with van der Waals surface area (Å²) in [5.74, 6) is -0.305. The lowest BCUT2D eigenvalue weighted by Crippen LogP contribution is -2.36. The highest BCUT2D eigenvalue weighted by molar-refractivity contribution is 6.30. The van der Waals surface area contributed by atoms with Crippen molar-refractivity contribution in [2.75, 3.05) is 0 Å². The summed E-state index contributed by atoms with van der Waals surface area (Å²) in [5, 5.41) is 0.571. The van der Waals surface area contributed by atoms with Crippen molar-refractivity contribution in [3.8, 4) is 0 Å². The summed E-state index contributed by atoms with van der Waals surface area (Å²) >= 11 is 5.75. The molecule has 0 radical (unpaired) electrons. The molecule has 0 unspecified atom stereocenters. The molecule has 1 rings (SSSR count). The summed E-state index contributed by atoms with van der Waals surface area (Å²) in [7, 11) is 0. The predicted molar refractivity (Wildman–Crippen MR) is 80.3 cm³/mol. The zero-order valence-electron chi connectivity index (χ0n) is 12.1. The molecule has 0 fully saturated rings. The molecule has 5 heteroatoms. The average Bonchev–Trinajstić information content (AvgIpc) is 2.35. The van der Waals surface area contributed by atoms with Crippen LogP contribution in [0.1, 0.15) is 38.1 Å². The molecule has 20 heavy (non-hydrogen) atoms. The normalized spacial score (nSPS) is 11.9. The number of halogens is 1. The third-order valence-corrected chi connectivity index (χ3v) is 2.82. The van der Waals surface area contributed by atoms with E-state index < -0.39 is 5.41 Å². The molecular weight excluding hydrogens is 276 g/mol. The number of amides is 1. The first kappa shape index (κ1) is 16.2.